The fourth-order valence-electron chi connectivity index (χ4n) is 2.40. The smallest absolute Gasteiger partial charge is 0.257 e. The average Bonchev–Trinajstić information content (AvgIpc) is 2.99. The number of nitrogens with two attached hydrogens (primary N) is 1. The van der Waals surface area contributed by atoms with E-state index in [0.29, 0.717) is 17.8 Å². The molecule has 0 unspecified atom stereocenters. The fourth-order valence-corrected chi connectivity index (χ4v) is 2.40. The van der Waals surface area contributed by atoms with Gasteiger partial charge in [-0.2, -0.15) is 20.1 Å². The third-order valence-corrected chi connectivity index (χ3v) is 3.53. The SMILES string of the molecule is CN(CC1CC(O)C1)c1nc(NN)nc(-n2cccn2)n1. The molecule has 0 radical (unpaired) electrons. The number of aliphatic hydroxyl groups excluding tert-OH is 1. The summed E-state index contributed by atoms with van der Waals surface area (Å²) in [6.07, 6.45) is 4.88. The van der Waals surface area contributed by atoms with Gasteiger partial charge < -0.3 is 10.0 Å². The van der Waals surface area contributed by atoms with Gasteiger partial charge in [-0.3, -0.25) is 5.43 Å². The lowest BCUT2D eigenvalue weighted by Gasteiger charge is -2.34. The molecule has 4 N–H and O–H groups in total. The lowest BCUT2D eigenvalue weighted by Crippen LogP contribution is -2.37. The third-order valence-electron chi connectivity index (χ3n) is 3.53. The molecule has 2 aromatic heterocycles. The second kappa shape index (κ2) is 5.62. The van der Waals surface area contributed by atoms with Crippen LogP contribution < -0.4 is 16.2 Å². The fraction of sp³-hybridized carbons (Fsp3) is 0.500. The average molecular weight is 290 g/mol. The van der Waals surface area contributed by atoms with E-state index in [2.05, 4.69) is 25.5 Å². The molecule has 9 nitrogen and oxygen atoms in total. The molecule has 0 aromatic carbocycles. The lowest BCUT2D eigenvalue weighted by atomic mass is 9.82. The highest BCUT2D eigenvalue weighted by Gasteiger charge is 2.28. The van der Waals surface area contributed by atoms with E-state index in [4.69, 9.17) is 5.84 Å². The maximum Gasteiger partial charge on any atom is 0.257 e. The zero-order valence-electron chi connectivity index (χ0n) is 11.7. The standard InChI is InChI=1S/C12H18N8O/c1-19(7-8-5-9(21)6-8)11-15-10(18-13)16-12(17-11)20-4-2-3-14-20/h2-4,8-9,21H,5-7,13H2,1H3,(H,15,16,17,18). The second-order valence-electron chi connectivity index (χ2n) is 5.23. The molecule has 0 spiro atoms. The number of hydrogen-bond donors (Lipinski definition) is 3. The molecule has 2 heterocycles. The highest BCUT2D eigenvalue weighted by atomic mass is 16.3. The van der Waals surface area contributed by atoms with E-state index >= 15 is 0 Å². The van der Waals surface area contributed by atoms with E-state index in [1.165, 1.54) is 0 Å². The molecule has 112 valence electrons. The summed E-state index contributed by atoms with van der Waals surface area (Å²) in [6, 6.07) is 1.79. The van der Waals surface area contributed by atoms with E-state index in [9.17, 15) is 5.11 Å². The Morgan fingerprint density at radius 2 is 2.24 bits per heavy atom. The predicted molar refractivity (Wildman–Crippen MR) is 76.8 cm³/mol. The first-order valence-corrected chi connectivity index (χ1v) is 6.77. The van der Waals surface area contributed by atoms with Crippen LogP contribution in [0.5, 0.6) is 0 Å². The summed E-state index contributed by atoms with van der Waals surface area (Å²) in [5.41, 5.74) is 2.44. The van der Waals surface area contributed by atoms with Crippen molar-refractivity contribution in [1.29, 1.82) is 0 Å². The molecular formula is C12H18N8O. The normalized spacial score (nSPS) is 20.9. The quantitative estimate of drug-likeness (QED) is 0.500. The van der Waals surface area contributed by atoms with Gasteiger partial charge >= 0.3 is 0 Å². The van der Waals surface area contributed by atoms with Crippen molar-refractivity contribution in [2.24, 2.45) is 11.8 Å². The van der Waals surface area contributed by atoms with E-state index in [1.807, 2.05) is 11.9 Å². The van der Waals surface area contributed by atoms with Gasteiger partial charge in [0.1, 0.15) is 0 Å². The van der Waals surface area contributed by atoms with E-state index in [-0.39, 0.29) is 12.1 Å². The molecule has 1 aliphatic carbocycles. The van der Waals surface area contributed by atoms with Gasteiger partial charge in [0.2, 0.25) is 11.9 Å². The van der Waals surface area contributed by atoms with Crippen molar-refractivity contribution in [2.45, 2.75) is 18.9 Å². The van der Waals surface area contributed by atoms with Crippen molar-refractivity contribution in [3.05, 3.63) is 18.5 Å². The Kier molecular flexibility index (Phi) is 3.67. The van der Waals surface area contributed by atoms with Gasteiger partial charge in [-0.05, 0) is 24.8 Å². The number of anilines is 2. The van der Waals surface area contributed by atoms with Crippen LogP contribution in [-0.4, -0.2) is 49.5 Å². The number of nitrogen functional groups attached to an aromatic ring is 1. The Labute approximate surface area is 121 Å². The van der Waals surface area contributed by atoms with Gasteiger partial charge in [0.15, 0.2) is 0 Å². The summed E-state index contributed by atoms with van der Waals surface area (Å²) in [4.78, 5) is 14.8. The summed E-state index contributed by atoms with van der Waals surface area (Å²) in [6.45, 7) is 0.781. The molecule has 0 amide bonds. The molecule has 3 rings (SSSR count). The first-order chi connectivity index (χ1) is 10.2. The van der Waals surface area contributed by atoms with Gasteiger partial charge in [0.25, 0.3) is 5.95 Å². The van der Waals surface area contributed by atoms with Gasteiger partial charge in [-0.25, -0.2) is 10.5 Å². The summed E-state index contributed by atoms with van der Waals surface area (Å²) >= 11 is 0. The van der Waals surface area contributed by atoms with Crippen LogP contribution in [0, 0.1) is 5.92 Å². The van der Waals surface area contributed by atoms with Crippen LogP contribution in [0.1, 0.15) is 12.8 Å². The molecule has 1 fully saturated rings. The highest BCUT2D eigenvalue weighted by Crippen LogP contribution is 2.28. The first-order valence-electron chi connectivity index (χ1n) is 6.77. The number of aliphatic hydroxyl groups is 1. The summed E-state index contributed by atoms with van der Waals surface area (Å²) < 4.78 is 1.55. The molecule has 2 aromatic rings. The molecule has 0 bridgehead atoms. The summed E-state index contributed by atoms with van der Waals surface area (Å²) in [5.74, 6) is 7.08. The minimum atomic E-state index is -0.164. The zero-order valence-corrected chi connectivity index (χ0v) is 11.7. The van der Waals surface area contributed by atoms with Crippen molar-refractivity contribution in [3.8, 4) is 5.95 Å². The predicted octanol–water partition coefficient (Wildman–Crippen LogP) is -0.450. The van der Waals surface area contributed by atoms with Crippen LogP contribution in [0.4, 0.5) is 11.9 Å². The van der Waals surface area contributed by atoms with E-state index in [0.717, 1.165) is 19.4 Å². The Bertz CT molecular complexity index is 595. The first kappa shape index (κ1) is 13.7. The Morgan fingerprint density at radius 1 is 1.43 bits per heavy atom. The van der Waals surface area contributed by atoms with Gasteiger partial charge in [0, 0.05) is 26.0 Å². The largest absolute Gasteiger partial charge is 0.393 e. The van der Waals surface area contributed by atoms with Crippen LogP contribution in [0.15, 0.2) is 18.5 Å². The van der Waals surface area contributed by atoms with Crippen LogP contribution >= 0.6 is 0 Å². The third kappa shape index (κ3) is 2.93. The Hall–Kier alpha value is -2.26. The number of nitrogens with one attached hydrogen (secondary N) is 1. The summed E-state index contributed by atoms with van der Waals surface area (Å²) in [7, 11) is 1.91. The number of aromatic nitrogens is 5. The van der Waals surface area contributed by atoms with Gasteiger partial charge in [0.05, 0.1) is 6.10 Å². The van der Waals surface area contributed by atoms with Crippen LogP contribution in [-0.2, 0) is 0 Å². The molecule has 9 heteroatoms. The monoisotopic (exact) mass is 290 g/mol. The molecule has 1 saturated carbocycles. The van der Waals surface area contributed by atoms with Crippen molar-refractivity contribution in [2.75, 3.05) is 23.9 Å². The topological polar surface area (TPSA) is 118 Å². The summed E-state index contributed by atoms with van der Waals surface area (Å²) in [5, 5.41) is 13.5. The Balaban J connectivity index is 1.82. The number of hydrazine groups is 1. The number of hydrogen-bond acceptors (Lipinski definition) is 8. The molecule has 0 aliphatic heterocycles. The number of rotatable bonds is 5. The van der Waals surface area contributed by atoms with Crippen molar-refractivity contribution in [3.63, 3.8) is 0 Å². The number of nitrogens with zero attached hydrogens (tertiary/aromatic N) is 6. The molecular weight excluding hydrogens is 272 g/mol. The molecule has 0 atom stereocenters. The maximum atomic E-state index is 9.36. The van der Waals surface area contributed by atoms with Crippen LogP contribution in [0.2, 0.25) is 0 Å². The molecule has 21 heavy (non-hydrogen) atoms. The van der Waals surface area contributed by atoms with Crippen molar-refractivity contribution in [1.82, 2.24) is 24.7 Å². The molecule has 1 aliphatic rings. The zero-order chi connectivity index (χ0) is 14.8. The van der Waals surface area contributed by atoms with Crippen LogP contribution in [0.3, 0.4) is 0 Å². The minimum Gasteiger partial charge on any atom is -0.393 e. The lowest BCUT2D eigenvalue weighted by molar-refractivity contribution is 0.0463. The maximum absolute atomic E-state index is 9.36. The highest BCUT2D eigenvalue weighted by molar-refractivity contribution is 5.38. The molecule has 0 saturated heterocycles. The minimum absolute atomic E-state index is 0.164. The van der Waals surface area contributed by atoms with E-state index < -0.39 is 0 Å². The van der Waals surface area contributed by atoms with Gasteiger partial charge in [-0.15, -0.1) is 0 Å². The van der Waals surface area contributed by atoms with Crippen LogP contribution in [0.25, 0.3) is 5.95 Å². The van der Waals surface area contributed by atoms with Gasteiger partial charge in [-0.1, -0.05) is 0 Å². The van der Waals surface area contributed by atoms with E-state index in [1.54, 1.807) is 23.1 Å². The second-order valence-corrected chi connectivity index (χ2v) is 5.23. The van der Waals surface area contributed by atoms with Crippen molar-refractivity contribution < 1.29 is 5.11 Å². The Morgan fingerprint density at radius 3 is 2.86 bits per heavy atom. The van der Waals surface area contributed by atoms with Crippen molar-refractivity contribution >= 4 is 11.9 Å².